The minimum atomic E-state index is -0.471. The van der Waals surface area contributed by atoms with Crippen LogP contribution in [0.1, 0.15) is 41.9 Å². The van der Waals surface area contributed by atoms with Gasteiger partial charge in [-0.2, -0.15) is 0 Å². The second-order valence-electron chi connectivity index (χ2n) is 6.55. The Kier molecular flexibility index (Phi) is 5.46. The average Bonchev–Trinajstić information content (AvgIpc) is 3.46. The third-order valence-electron chi connectivity index (χ3n) is 4.34. The fourth-order valence-corrected chi connectivity index (χ4v) is 2.64. The summed E-state index contributed by atoms with van der Waals surface area (Å²) in [4.78, 5) is 41.1. The molecule has 7 heteroatoms. The topological polar surface area (TPSA) is 93.1 Å². The third-order valence-corrected chi connectivity index (χ3v) is 4.34. The highest BCUT2D eigenvalue weighted by molar-refractivity contribution is 5.93. The van der Waals surface area contributed by atoms with Gasteiger partial charge in [0.05, 0.1) is 11.7 Å². The van der Waals surface area contributed by atoms with Crippen LogP contribution >= 0.6 is 0 Å². The summed E-state index contributed by atoms with van der Waals surface area (Å²) in [5, 5.41) is 5.58. The van der Waals surface area contributed by atoms with Gasteiger partial charge in [0.1, 0.15) is 12.1 Å². The van der Waals surface area contributed by atoms with Crippen LogP contribution in [-0.2, 0) is 11.3 Å². The maximum atomic E-state index is 12.5. The molecule has 26 heavy (non-hydrogen) atoms. The van der Waals surface area contributed by atoms with E-state index in [1.807, 2.05) is 19.1 Å². The van der Waals surface area contributed by atoms with Crippen LogP contribution in [0.25, 0.3) is 0 Å². The first-order chi connectivity index (χ1) is 12.5. The Morgan fingerprint density at radius 2 is 2.08 bits per heavy atom. The summed E-state index contributed by atoms with van der Waals surface area (Å²) in [7, 11) is 0. The van der Waals surface area contributed by atoms with Gasteiger partial charge >= 0.3 is 0 Å². The van der Waals surface area contributed by atoms with Crippen LogP contribution in [0.4, 0.5) is 0 Å². The van der Waals surface area contributed by atoms with E-state index in [1.54, 1.807) is 18.3 Å². The van der Waals surface area contributed by atoms with E-state index in [-0.39, 0.29) is 24.1 Å². The van der Waals surface area contributed by atoms with E-state index in [0.717, 1.165) is 18.5 Å². The maximum absolute atomic E-state index is 12.5. The van der Waals surface area contributed by atoms with E-state index >= 15 is 0 Å². The molecule has 2 heterocycles. The molecule has 0 bridgehead atoms. The number of hydrogen-bond acceptors (Lipinski definition) is 4. The smallest absolute Gasteiger partial charge is 0.263 e. The number of carbonyl (C=O) groups is 2. The molecule has 0 aliphatic heterocycles. The van der Waals surface area contributed by atoms with Gasteiger partial charge in [0, 0.05) is 18.9 Å². The van der Waals surface area contributed by atoms with E-state index in [0.29, 0.717) is 12.5 Å². The lowest BCUT2D eigenvalue weighted by atomic mass is 10.2. The Balaban J connectivity index is 1.63. The molecule has 2 N–H and O–H groups in total. The van der Waals surface area contributed by atoms with E-state index in [1.165, 1.54) is 16.8 Å². The van der Waals surface area contributed by atoms with Crippen LogP contribution in [-0.4, -0.2) is 27.9 Å². The van der Waals surface area contributed by atoms with E-state index in [9.17, 15) is 14.4 Å². The summed E-state index contributed by atoms with van der Waals surface area (Å²) in [6.45, 7) is 2.26. The normalized spacial score (nSPS) is 14.5. The highest BCUT2D eigenvalue weighted by Gasteiger charge is 2.23. The van der Waals surface area contributed by atoms with Crippen LogP contribution in [0.15, 0.2) is 47.5 Å². The Morgan fingerprint density at radius 1 is 1.27 bits per heavy atom. The molecule has 2 amide bonds. The zero-order valence-corrected chi connectivity index (χ0v) is 14.6. The van der Waals surface area contributed by atoms with Crippen LogP contribution in [0.3, 0.4) is 0 Å². The first kappa shape index (κ1) is 17.8. The SMILES string of the molecule is C[C@@H](NC(=O)Cn1cccc(C(=O)NCC2CC2)c1=O)c1ccccn1. The molecule has 136 valence electrons. The maximum Gasteiger partial charge on any atom is 0.263 e. The third kappa shape index (κ3) is 4.56. The number of amides is 2. The van der Waals surface area contributed by atoms with Gasteiger partial charge < -0.3 is 15.2 Å². The highest BCUT2D eigenvalue weighted by atomic mass is 16.2. The minimum Gasteiger partial charge on any atom is -0.352 e. The second kappa shape index (κ2) is 7.95. The van der Waals surface area contributed by atoms with Crippen LogP contribution in [0, 0.1) is 5.92 Å². The zero-order chi connectivity index (χ0) is 18.5. The zero-order valence-electron chi connectivity index (χ0n) is 14.6. The lowest BCUT2D eigenvalue weighted by molar-refractivity contribution is -0.122. The summed E-state index contributed by atoms with van der Waals surface area (Å²) in [5.74, 6) is -0.178. The van der Waals surface area contributed by atoms with Gasteiger partial charge in [0.25, 0.3) is 11.5 Å². The molecule has 0 aromatic carbocycles. The Labute approximate surface area is 151 Å². The molecule has 2 aromatic heterocycles. The van der Waals surface area contributed by atoms with Gasteiger partial charge in [0.2, 0.25) is 5.91 Å². The standard InChI is InChI=1S/C19H22N4O3/c1-13(16-6-2-3-9-20-16)22-17(24)12-23-10-4-5-15(19(23)26)18(25)21-11-14-7-8-14/h2-6,9-10,13-14H,7-8,11-12H2,1H3,(H,21,25)(H,22,24)/t13-/m1/s1. The van der Waals surface area contributed by atoms with Gasteiger partial charge in [-0.3, -0.25) is 19.4 Å². The van der Waals surface area contributed by atoms with Gasteiger partial charge in [0.15, 0.2) is 0 Å². The molecule has 0 unspecified atom stereocenters. The fourth-order valence-electron chi connectivity index (χ4n) is 2.64. The molecular formula is C19H22N4O3. The van der Waals surface area contributed by atoms with Gasteiger partial charge in [-0.1, -0.05) is 6.07 Å². The first-order valence-corrected chi connectivity index (χ1v) is 8.72. The predicted octanol–water partition coefficient (Wildman–Crippen LogP) is 1.26. The van der Waals surface area contributed by atoms with Crippen molar-refractivity contribution in [3.8, 4) is 0 Å². The number of rotatable bonds is 7. The quantitative estimate of drug-likeness (QED) is 0.783. The number of aromatic nitrogens is 2. The lowest BCUT2D eigenvalue weighted by Crippen LogP contribution is -2.37. The predicted molar refractivity (Wildman–Crippen MR) is 96.6 cm³/mol. The Bertz CT molecular complexity index is 843. The number of carbonyl (C=O) groups excluding carboxylic acids is 2. The second-order valence-corrected chi connectivity index (χ2v) is 6.55. The average molecular weight is 354 g/mol. The molecule has 1 aliphatic rings. The Hall–Kier alpha value is -2.96. The molecule has 0 saturated heterocycles. The van der Waals surface area contributed by atoms with Crippen molar-refractivity contribution in [2.24, 2.45) is 5.92 Å². The van der Waals surface area contributed by atoms with E-state index < -0.39 is 11.5 Å². The van der Waals surface area contributed by atoms with Crippen molar-refractivity contribution < 1.29 is 9.59 Å². The molecule has 7 nitrogen and oxygen atoms in total. The number of pyridine rings is 2. The van der Waals surface area contributed by atoms with Gasteiger partial charge in [-0.15, -0.1) is 0 Å². The summed E-state index contributed by atoms with van der Waals surface area (Å²) in [6, 6.07) is 8.28. The van der Waals surface area contributed by atoms with Gasteiger partial charge in [-0.05, 0) is 49.9 Å². The number of hydrogen-bond donors (Lipinski definition) is 2. The van der Waals surface area contributed by atoms with Crippen LogP contribution in [0.2, 0.25) is 0 Å². The molecule has 1 aliphatic carbocycles. The molecule has 1 atom stereocenters. The number of nitrogens with one attached hydrogen (secondary N) is 2. The summed E-state index contributed by atoms with van der Waals surface area (Å²) in [5.41, 5.74) is 0.321. The highest BCUT2D eigenvalue weighted by Crippen LogP contribution is 2.27. The van der Waals surface area contributed by atoms with Crippen molar-refractivity contribution in [1.29, 1.82) is 0 Å². The molecule has 0 radical (unpaired) electrons. The van der Waals surface area contributed by atoms with Crippen molar-refractivity contribution in [3.05, 3.63) is 64.3 Å². The first-order valence-electron chi connectivity index (χ1n) is 8.72. The van der Waals surface area contributed by atoms with Gasteiger partial charge in [-0.25, -0.2) is 0 Å². The van der Waals surface area contributed by atoms with E-state index in [4.69, 9.17) is 0 Å². The minimum absolute atomic E-state index is 0.0544. The molecule has 1 fully saturated rings. The van der Waals surface area contributed by atoms with Crippen molar-refractivity contribution in [3.63, 3.8) is 0 Å². The lowest BCUT2D eigenvalue weighted by Gasteiger charge is -2.14. The van der Waals surface area contributed by atoms with Crippen LogP contribution < -0.4 is 16.2 Å². The molecule has 2 aromatic rings. The van der Waals surface area contributed by atoms with Crippen molar-refractivity contribution in [2.45, 2.75) is 32.4 Å². The van der Waals surface area contributed by atoms with Crippen LogP contribution in [0.5, 0.6) is 0 Å². The monoisotopic (exact) mass is 354 g/mol. The molecule has 3 rings (SSSR count). The number of nitrogens with zero attached hydrogens (tertiary/aromatic N) is 2. The van der Waals surface area contributed by atoms with E-state index in [2.05, 4.69) is 15.6 Å². The molecule has 0 spiro atoms. The summed E-state index contributed by atoms with van der Waals surface area (Å²) in [6.07, 6.45) is 5.40. The van der Waals surface area contributed by atoms with Crippen molar-refractivity contribution in [1.82, 2.24) is 20.2 Å². The molecule has 1 saturated carbocycles. The molecular weight excluding hydrogens is 332 g/mol. The summed E-state index contributed by atoms with van der Waals surface area (Å²) >= 11 is 0. The Morgan fingerprint density at radius 3 is 2.77 bits per heavy atom. The van der Waals surface area contributed by atoms with Crippen molar-refractivity contribution >= 4 is 11.8 Å². The van der Waals surface area contributed by atoms with Crippen molar-refractivity contribution in [2.75, 3.05) is 6.54 Å². The fraction of sp³-hybridized carbons (Fsp3) is 0.368. The summed E-state index contributed by atoms with van der Waals surface area (Å²) < 4.78 is 1.24. The largest absolute Gasteiger partial charge is 0.352 e.